The molecule has 3 aromatic rings. The number of aliphatic hydroxyl groups is 1. The summed E-state index contributed by atoms with van der Waals surface area (Å²) in [4.78, 5) is 0. The number of aromatic nitrogens is 1. The lowest BCUT2D eigenvalue weighted by molar-refractivity contribution is 0.0902. The van der Waals surface area contributed by atoms with E-state index in [1.165, 1.54) is 6.04 Å². The Hall–Kier alpha value is -1.40. The van der Waals surface area contributed by atoms with E-state index in [2.05, 4.69) is 36.3 Å². The first-order valence-electron chi connectivity index (χ1n) is 8.31. The van der Waals surface area contributed by atoms with Crippen LogP contribution in [0.1, 0.15) is 17.2 Å². The van der Waals surface area contributed by atoms with E-state index in [-0.39, 0.29) is 0 Å². The van der Waals surface area contributed by atoms with Crippen molar-refractivity contribution in [2.75, 3.05) is 6.61 Å². The van der Waals surface area contributed by atoms with Crippen LogP contribution in [-0.2, 0) is 11.5 Å². The third-order valence-corrected chi connectivity index (χ3v) is 6.63. The van der Waals surface area contributed by atoms with Gasteiger partial charge in [-0.25, -0.2) is 0 Å². The Morgan fingerprint density at radius 1 is 1.21 bits per heavy atom. The van der Waals surface area contributed by atoms with Gasteiger partial charge in [0.15, 0.2) is 0 Å². The van der Waals surface area contributed by atoms with E-state index in [1.54, 1.807) is 11.3 Å². The molecule has 1 aromatic carbocycles. The highest BCUT2D eigenvalue weighted by molar-refractivity contribution is 7.08. The second-order valence-electron chi connectivity index (χ2n) is 7.37. The maximum absolute atomic E-state index is 10.7. The summed E-state index contributed by atoms with van der Waals surface area (Å²) in [6.45, 7) is 8.46. The number of hydrogen-bond donors (Lipinski definition) is 1. The van der Waals surface area contributed by atoms with Crippen LogP contribution in [-0.4, -0.2) is 24.4 Å². The predicted octanol–water partition coefficient (Wildman–Crippen LogP) is 5.10. The molecule has 5 heteroatoms. The maximum Gasteiger partial charge on any atom is 0.122 e. The summed E-state index contributed by atoms with van der Waals surface area (Å²) in [6.07, 6.45) is 1.46. The van der Waals surface area contributed by atoms with Crippen LogP contribution in [0, 0.1) is 0 Å². The van der Waals surface area contributed by atoms with Gasteiger partial charge in [-0.3, -0.25) is 0 Å². The van der Waals surface area contributed by atoms with Gasteiger partial charge in [0.25, 0.3) is 0 Å². The van der Waals surface area contributed by atoms with Crippen molar-refractivity contribution in [2.24, 2.45) is 0 Å². The lowest BCUT2D eigenvalue weighted by atomic mass is 10.0. The molecule has 0 aliphatic heterocycles. The van der Waals surface area contributed by atoms with Gasteiger partial charge >= 0.3 is 0 Å². The van der Waals surface area contributed by atoms with E-state index in [9.17, 15) is 5.11 Å². The summed E-state index contributed by atoms with van der Waals surface area (Å²) in [6, 6.07) is 11.3. The quantitative estimate of drug-likeness (QED) is 0.470. The van der Waals surface area contributed by atoms with Crippen LogP contribution in [0.25, 0.3) is 10.9 Å². The van der Waals surface area contributed by atoms with Gasteiger partial charge in [-0.05, 0) is 46.1 Å². The Bertz CT molecular complexity index is 789. The summed E-state index contributed by atoms with van der Waals surface area (Å²) in [5, 5.41) is 15.7. The molecule has 128 valence electrons. The van der Waals surface area contributed by atoms with Crippen LogP contribution >= 0.6 is 11.3 Å². The normalized spacial score (nSPS) is 13.5. The highest BCUT2D eigenvalue weighted by Gasteiger charge is 2.16. The predicted molar refractivity (Wildman–Crippen MR) is 104 cm³/mol. The van der Waals surface area contributed by atoms with Crippen LogP contribution in [0.2, 0.25) is 25.7 Å². The Balaban J connectivity index is 1.77. The van der Waals surface area contributed by atoms with E-state index in [0.717, 1.165) is 28.6 Å². The molecule has 1 unspecified atom stereocenters. The highest BCUT2D eigenvalue weighted by atomic mass is 32.1. The second kappa shape index (κ2) is 7.23. The van der Waals surface area contributed by atoms with E-state index in [1.807, 2.05) is 35.2 Å². The van der Waals surface area contributed by atoms with Crippen molar-refractivity contribution in [1.82, 2.24) is 4.57 Å². The maximum atomic E-state index is 10.7. The van der Waals surface area contributed by atoms with Crippen LogP contribution in [0.15, 0.2) is 47.3 Å². The molecule has 0 aliphatic carbocycles. The Kier molecular flexibility index (Phi) is 5.25. The molecule has 0 fully saturated rings. The van der Waals surface area contributed by atoms with Gasteiger partial charge in [0.2, 0.25) is 0 Å². The summed E-state index contributed by atoms with van der Waals surface area (Å²) >= 11 is 1.61. The molecule has 0 aliphatic rings. The van der Waals surface area contributed by atoms with Crippen molar-refractivity contribution in [2.45, 2.75) is 38.5 Å². The number of hydrogen-bond acceptors (Lipinski definition) is 3. The SMILES string of the molecule is C[Si](C)(C)CCOCn1ccc2c(C(O)c3ccsc3)cccc21. The minimum Gasteiger partial charge on any atom is -0.384 e. The third-order valence-electron chi connectivity index (χ3n) is 4.23. The van der Waals surface area contributed by atoms with Gasteiger partial charge in [-0.1, -0.05) is 31.8 Å². The molecule has 3 nitrogen and oxygen atoms in total. The van der Waals surface area contributed by atoms with Gasteiger partial charge in [0.1, 0.15) is 12.8 Å². The highest BCUT2D eigenvalue weighted by Crippen LogP contribution is 2.30. The number of benzene rings is 1. The van der Waals surface area contributed by atoms with Crippen LogP contribution in [0.4, 0.5) is 0 Å². The van der Waals surface area contributed by atoms with E-state index < -0.39 is 14.2 Å². The zero-order valence-electron chi connectivity index (χ0n) is 14.5. The number of rotatable bonds is 7. The molecule has 1 atom stereocenters. The number of fused-ring (bicyclic) bond motifs is 1. The fourth-order valence-electron chi connectivity index (χ4n) is 2.75. The Morgan fingerprint density at radius 2 is 2.04 bits per heavy atom. The zero-order valence-corrected chi connectivity index (χ0v) is 16.3. The van der Waals surface area contributed by atoms with Crippen molar-refractivity contribution >= 4 is 30.3 Å². The molecular formula is C19H25NO2SSi. The molecule has 1 N–H and O–H groups in total. The van der Waals surface area contributed by atoms with Gasteiger partial charge in [0, 0.05) is 26.3 Å². The molecule has 0 saturated heterocycles. The van der Waals surface area contributed by atoms with Crippen molar-refractivity contribution < 1.29 is 9.84 Å². The number of aliphatic hydroxyl groups excluding tert-OH is 1. The molecule has 0 bridgehead atoms. The van der Waals surface area contributed by atoms with E-state index in [4.69, 9.17) is 4.74 Å². The lowest BCUT2D eigenvalue weighted by Gasteiger charge is -2.16. The molecule has 0 spiro atoms. The van der Waals surface area contributed by atoms with Crippen molar-refractivity contribution in [3.8, 4) is 0 Å². The fourth-order valence-corrected chi connectivity index (χ4v) is 4.19. The van der Waals surface area contributed by atoms with E-state index in [0.29, 0.717) is 6.73 Å². The molecule has 3 rings (SSSR count). The minimum atomic E-state index is -1.05. The minimum absolute atomic E-state index is 0.561. The smallest absolute Gasteiger partial charge is 0.122 e. The summed E-state index contributed by atoms with van der Waals surface area (Å²) in [5.74, 6) is 0. The molecular weight excluding hydrogens is 334 g/mol. The molecule has 0 saturated carbocycles. The first-order valence-corrected chi connectivity index (χ1v) is 13.0. The summed E-state index contributed by atoms with van der Waals surface area (Å²) < 4.78 is 7.99. The van der Waals surface area contributed by atoms with Crippen LogP contribution in [0.5, 0.6) is 0 Å². The first kappa shape index (κ1) is 17.4. The average Bonchev–Trinajstić information content (AvgIpc) is 3.19. The second-order valence-corrected chi connectivity index (χ2v) is 13.8. The van der Waals surface area contributed by atoms with Crippen molar-refractivity contribution in [1.29, 1.82) is 0 Å². The number of nitrogens with zero attached hydrogens (tertiary/aromatic N) is 1. The number of thiophene rings is 1. The van der Waals surface area contributed by atoms with Crippen molar-refractivity contribution in [3.63, 3.8) is 0 Å². The van der Waals surface area contributed by atoms with Crippen molar-refractivity contribution in [3.05, 3.63) is 58.4 Å². The van der Waals surface area contributed by atoms with Crippen LogP contribution in [0.3, 0.4) is 0 Å². The summed E-state index contributed by atoms with van der Waals surface area (Å²) in [7, 11) is -1.05. The molecule has 2 aromatic heterocycles. The van der Waals surface area contributed by atoms with Gasteiger partial charge in [-0.15, -0.1) is 0 Å². The monoisotopic (exact) mass is 359 g/mol. The average molecular weight is 360 g/mol. The topological polar surface area (TPSA) is 34.4 Å². The van der Waals surface area contributed by atoms with Gasteiger partial charge in [0.05, 0.1) is 5.52 Å². The summed E-state index contributed by atoms with van der Waals surface area (Å²) in [5.41, 5.74) is 3.01. The van der Waals surface area contributed by atoms with Gasteiger partial charge < -0.3 is 14.4 Å². The fraction of sp³-hybridized carbons (Fsp3) is 0.368. The largest absolute Gasteiger partial charge is 0.384 e. The molecule has 24 heavy (non-hydrogen) atoms. The lowest BCUT2D eigenvalue weighted by Crippen LogP contribution is -2.21. The number of ether oxygens (including phenoxy) is 1. The third kappa shape index (κ3) is 3.98. The van der Waals surface area contributed by atoms with Crippen LogP contribution < -0.4 is 0 Å². The van der Waals surface area contributed by atoms with E-state index >= 15 is 0 Å². The molecule has 0 amide bonds. The Morgan fingerprint density at radius 3 is 2.75 bits per heavy atom. The first-order chi connectivity index (χ1) is 11.5. The molecule has 0 radical (unpaired) electrons. The Labute approximate surface area is 148 Å². The zero-order chi connectivity index (χ0) is 17.2. The molecule has 2 heterocycles. The van der Waals surface area contributed by atoms with Gasteiger partial charge in [-0.2, -0.15) is 11.3 Å². The standard InChI is InChI=1S/C19H25NO2SSi/c1-24(2,3)12-10-22-14-20-9-7-16-17(5-4-6-18(16)20)19(21)15-8-11-23-13-15/h4-9,11,13,19,21H,10,12,14H2,1-3H3.